The van der Waals surface area contributed by atoms with Gasteiger partial charge in [0.25, 0.3) is 0 Å². The maximum absolute atomic E-state index is 2.53. The third-order valence-electron chi connectivity index (χ3n) is 7.94. The van der Waals surface area contributed by atoms with Gasteiger partial charge in [-0.3, -0.25) is 0 Å². The van der Waals surface area contributed by atoms with Crippen molar-refractivity contribution in [3.8, 4) is 11.1 Å². The van der Waals surface area contributed by atoms with Gasteiger partial charge in [-0.2, -0.15) is 0 Å². The van der Waals surface area contributed by atoms with Crippen LogP contribution in [0.25, 0.3) is 11.1 Å². The minimum absolute atomic E-state index is 0.145. The van der Waals surface area contributed by atoms with Crippen LogP contribution in [0, 0.1) is 6.92 Å². The highest BCUT2D eigenvalue weighted by molar-refractivity contribution is 5.84. The van der Waals surface area contributed by atoms with Crippen molar-refractivity contribution >= 4 is 11.4 Å². The van der Waals surface area contributed by atoms with Gasteiger partial charge < -0.3 is 4.90 Å². The van der Waals surface area contributed by atoms with Crippen LogP contribution in [0.4, 0.5) is 11.4 Å². The van der Waals surface area contributed by atoms with Crippen molar-refractivity contribution in [2.45, 2.75) is 90.4 Å². The second-order valence-corrected chi connectivity index (χ2v) is 10.4. The summed E-state index contributed by atoms with van der Waals surface area (Å²) in [6.07, 6.45) is 13.1. The van der Waals surface area contributed by atoms with Crippen molar-refractivity contribution in [2.75, 3.05) is 11.9 Å². The molecule has 0 aliphatic heterocycles. The van der Waals surface area contributed by atoms with E-state index in [-0.39, 0.29) is 5.41 Å². The molecule has 0 radical (unpaired) electrons. The third kappa shape index (κ3) is 4.95. The Balaban J connectivity index is 1.79. The van der Waals surface area contributed by atoms with Gasteiger partial charge in [-0.1, -0.05) is 113 Å². The number of benzene rings is 3. The fraction of sp³-hybridized carbons (Fsp3) is 0.455. The molecule has 0 N–H and O–H groups in total. The zero-order chi connectivity index (χ0) is 24.0. The molecule has 1 nitrogen and oxygen atoms in total. The number of aryl methyl sites for hydroxylation is 1. The van der Waals surface area contributed by atoms with Gasteiger partial charge in [0, 0.05) is 23.8 Å². The topological polar surface area (TPSA) is 3.24 Å². The molecule has 1 heteroatoms. The Morgan fingerprint density at radius 1 is 0.618 bits per heavy atom. The van der Waals surface area contributed by atoms with Crippen molar-refractivity contribution in [2.24, 2.45) is 0 Å². The number of rotatable bonds is 12. The molecular weight excluding hydrogens is 410 g/mol. The maximum Gasteiger partial charge on any atom is 0.0411 e. The number of anilines is 2. The number of hydrogen-bond donors (Lipinski definition) is 0. The molecule has 0 spiro atoms. The number of fused-ring (bicyclic) bond motifs is 3. The average Bonchev–Trinajstić information content (AvgIpc) is 3.13. The summed E-state index contributed by atoms with van der Waals surface area (Å²) in [6.45, 7) is 6.89. The molecule has 180 valence electrons. The summed E-state index contributed by atoms with van der Waals surface area (Å²) in [5, 5.41) is 0. The highest BCUT2D eigenvalue weighted by Gasteiger charge is 2.42. The predicted molar refractivity (Wildman–Crippen MR) is 149 cm³/mol. The molecule has 0 unspecified atom stereocenters. The lowest BCUT2D eigenvalue weighted by atomic mass is 9.70. The molecular formula is C33H43N. The van der Waals surface area contributed by atoms with Gasteiger partial charge in [0.2, 0.25) is 0 Å². The van der Waals surface area contributed by atoms with E-state index in [0.717, 1.165) is 0 Å². The quantitative estimate of drug-likeness (QED) is 0.247. The first-order valence-electron chi connectivity index (χ1n) is 13.7. The molecule has 0 heterocycles. The SMILES string of the molecule is CCCCCCC1(CCCCCC)c2cc(C)ccc2-c2ccc(N(C)c3ccccc3)cc21. The van der Waals surface area contributed by atoms with Gasteiger partial charge in [-0.25, -0.2) is 0 Å². The third-order valence-corrected chi connectivity index (χ3v) is 7.94. The molecule has 0 bridgehead atoms. The standard InChI is InChI=1S/C33H43N/c1-5-7-9-14-22-33(23-15-10-8-6-2)31-24-26(3)18-20-29(31)30-21-19-28(25-32(30)33)34(4)27-16-12-11-13-17-27/h11-13,16-21,24-25H,5-10,14-15,22-23H2,1-4H3. The minimum Gasteiger partial charge on any atom is -0.345 e. The van der Waals surface area contributed by atoms with E-state index in [9.17, 15) is 0 Å². The second kappa shape index (κ2) is 11.3. The van der Waals surface area contributed by atoms with Gasteiger partial charge in [0.1, 0.15) is 0 Å². The predicted octanol–water partition coefficient (Wildman–Crippen LogP) is 9.97. The van der Waals surface area contributed by atoms with E-state index in [4.69, 9.17) is 0 Å². The van der Waals surface area contributed by atoms with E-state index in [1.165, 1.54) is 92.3 Å². The highest BCUT2D eigenvalue weighted by atomic mass is 15.1. The van der Waals surface area contributed by atoms with Crippen LogP contribution in [-0.2, 0) is 5.41 Å². The van der Waals surface area contributed by atoms with Gasteiger partial charge in [0.15, 0.2) is 0 Å². The van der Waals surface area contributed by atoms with E-state index in [2.05, 4.69) is 99.4 Å². The van der Waals surface area contributed by atoms with E-state index < -0.39 is 0 Å². The molecule has 1 aliphatic rings. The van der Waals surface area contributed by atoms with Gasteiger partial charge in [-0.05, 0) is 66.3 Å². The Labute approximate surface area is 208 Å². The average molecular weight is 454 g/mol. The summed E-state index contributed by atoms with van der Waals surface area (Å²) < 4.78 is 0. The summed E-state index contributed by atoms with van der Waals surface area (Å²) in [5.74, 6) is 0. The molecule has 1 aliphatic carbocycles. The fourth-order valence-corrected chi connectivity index (χ4v) is 5.98. The molecule has 0 amide bonds. The Hall–Kier alpha value is -2.54. The largest absolute Gasteiger partial charge is 0.345 e. The first-order valence-corrected chi connectivity index (χ1v) is 13.7. The Kier molecular flexibility index (Phi) is 8.14. The van der Waals surface area contributed by atoms with Crippen LogP contribution in [0.15, 0.2) is 66.7 Å². The summed E-state index contributed by atoms with van der Waals surface area (Å²) in [6, 6.07) is 25.2. The first kappa shape index (κ1) is 24.6. The summed E-state index contributed by atoms with van der Waals surface area (Å²) in [4.78, 5) is 2.34. The van der Waals surface area contributed by atoms with Crippen molar-refractivity contribution in [1.29, 1.82) is 0 Å². The molecule has 4 rings (SSSR count). The van der Waals surface area contributed by atoms with Crippen LogP contribution >= 0.6 is 0 Å². The van der Waals surface area contributed by atoms with E-state index >= 15 is 0 Å². The van der Waals surface area contributed by atoms with Crippen LogP contribution in [0.5, 0.6) is 0 Å². The van der Waals surface area contributed by atoms with Crippen LogP contribution in [-0.4, -0.2) is 7.05 Å². The first-order chi connectivity index (χ1) is 16.6. The molecule has 3 aromatic carbocycles. The van der Waals surface area contributed by atoms with Gasteiger partial charge >= 0.3 is 0 Å². The normalized spacial score (nSPS) is 13.5. The van der Waals surface area contributed by atoms with Gasteiger partial charge in [-0.15, -0.1) is 0 Å². The Bertz CT molecular complexity index is 1050. The number of hydrogen-bond acceptors (Lipinski definition) is 1. The lowest BCUT2D eigenvalue weighted by Crippen LogP contribution is -2.26. The molecule has 0 saturated carbocycles. The lowest BCUT2D eigenvalue weighted by molar-refractivity contribution is 0.401. The van der Waals surface area contributed by atoms with Gasteiger partial charge in [0.05, 0.1) is 0 Å². The number of para-hydroxylation sites is 1. The van der Waals surface area contributed by atoms with Crippen molar-refractivity contribution in [3.05, 3.63) is 83.4 Å². The summed E-state index contributed by atoms with van der Waals surface area (Å²) in [5.41, 5.74) is 10.2. The zero-order valence-corrected chi connectivity index (χ0v) is 21.9. The number of nitrogens with zero attached hydrogens (tertiary/aromatic N) is 1. The van der Waals surface area contributed by atoms with E-state index in [0.29, 0.717) is 0 Å². The minimum atomic E-state index is 0.145. The highest BCUT2D eigenvalue weighted by Crippen LogP contribution is 2.55. The van der Waals surface area contributed by atoms with E-state index in [1.54, 1.807) is 11.1 Å². The van der Waals surface area contributed by atoms with Crippen LogP contribution in [0.2, 0.25) is 0 Å². The maximum atomic E-state index is 2.53. The smallest absolute Gasteiger partial charge is 0.0411 e. The van der Waals surface area contributed by atoms with E-state index in [1.807, 2.05) is 0 Å². The van der Waals surface area contributed by atoms with Crippen LogP contribution in [0.3, 0.4) is 0 Å². The fourth-order valence-electron chi connectivity index (χ4n) is 5.98. The van der Waals surface area contributed by atoms with Crippen LogP contribution in [0.1, 0.15) is 94.7 Å². The molecule has 0 atom stereocenters. The molecule has 0 aromatic heterocycles. The molecule has 34 heavy (non-hydrogen) atoms. The Morgan fingerprint density at radius 2 is 1.21 bits per heavy atom. The zero-order valence-electron chi connectivity index (χ0n) is 21.9. The van der Waals surface area contributed by atoms with Crippen molar-refractivity contribution < 1.29 is 0 Å². The van der Waals surface area contributed by atoms with Crippen molar-refractivity contribution in [3.63, 3.8) is 0 Å². The monoisotopic (exact) mass is 453 g/mol. The lowest BCUT2D eigenvalue weighted by Gasteiger charge is -2.34. The molecule has 0 fully saturated rings. The van der Waals surface area contributed by atoms with Crippen LogP contribution < -0.4 is 4.90 Å². The van der Waals surface area contributed by atoms with Crippen molar-refractivity contribution in [1.82, 2.24) is 0 Å². The molecule has 0 saturated heterocycles. The molecule has 3 aromatic rings. The second-order valence-electron chi connectivity index (χ2n) is 10.4. The Morgan fingerprint density at radius 3 is 1.82 bits per heavy atom. The number of unbranched alkanes of at least 4 members (excludes halogenated alkanes) is 6. The summed E-state index contributed by atoms with van der Waals surface area (Å²) in [7, 11) is 2.20. The summed E-state index contributed by atoms with van der Waals surface area (Å²) >= 11 is 0.